The monoisotopic (exact) mass is 321 g/mol. The Balaban J connectivity index is 2.20. The van der Waals surface area contributed by atoms with Gasteiger partial charge in [-0.1, -0.05) is 25.1 Å². The molecule has 0 saturated carbocycles. The number of rotatable bonds is 5. The number of para-hydroxylation sites is 1. The van der Waals surface area contributed by atoms with E-state index in [9.17, 15) is 13.2 Å². The Morgan fingerprint density at radius 3 is 2.68 bits per heavy atom. The van der Waals surface area contributed by atoms with Gasteiger partial charge in [-0.2, -0.15) is 0 Å². The second-order valence-corrected chi connectivity index (χ2v) is 6.97. The number of hydrogen-bond acceptors (Lipinski definition) is 4. The highest BCUT2D eigenvalue weighted by Crippen LogP contribution is 2.21. The lowest BCUT2D eigenvalue weighted by Crippen LogP contribution is -2.25. The third-order valence-corrected chi connectivity index (χ3v) is 4.97. The number of aryl methyl sites for hydroxylation is 3. The van der Waals surface area contributed by atoms with Gasteiger partial charge in [0.25, 0.3) is 0 Å². The van der Waals surface area contributed by atoms with E-state index >= 15 is 0 Å². The Morgan fingerprint density at radius 1 is 1.36 bits per heavy atom. The smallest absolute Gasteiger partial charge is 0.240 e. The first kappa shape index (κ1) is 16.2. The molecule has 1 amide bonds. The van der Waals surface area contributed by atoms with Gasteiger partial charge in [0.15, 0.2) is 0 Å². The molecule has 0 spiro atoms. The fourth-order valence-corrected chi connectivity index (χ4v) is 3.53. The second kappa shape index (κ2) is 6.31. The molecule has 0 aliphatic carbocycles. The summed E-state index contributed by atoms with van der Waals surface area (Å²) in [6.45, 7) is 3.86. The molecule has 1 heterocycles. The zero-order chi connectivity index (χ0) is 16.3. The number of amides is 1. The van der Waals surface area contributed by atoms with Crippen molar-refractivity contribution in [3.05, 3.63) is 41.7 Å². The largest absolute Gasteiger partial charge is 0.325 e. The number of benzene rings is 1. The summed E-state index contributed by atoms with van der Waals surface area (Å²) in [5.74, 6) is -1.19. The van der Waals surface area contributed by atoms with Crippen molar-refractivity contribution in [1.29, 1.82) is 0 Å². The lowest BCUT2D eigenvalue weighted by molar-refractivity contribution is -0.113. The summed E-state index contributed by atoms with van der Waals surface area (Å²) < 4.78 is 25.8. The average molecular weight is 321 g/mol. The molecule has 1 N–H and O–H groups in total. The maximum Gasteiger partial charge on any atom is 0.240 e. The van der Waals surface area contributed by atoms with E-state index in [1.807, 2.05) is 32.0 Å². The highest BCUT2D eigenvalue weighted by atomic mass is 32.2. The summed E-state index contributed by atoms with van der Waals surface area (Å²) in [4.78, 5) is 15.9. The second-order valence-electron chi connectivity index (χ2n) is 5.09. The molecule has 0 aliphatic heterocycles. The van der Waals surface area contributed by atoms with Gasteiger partial charge in [-0.25, -0.2) is 13.4 Å². The van der Waals surface area contributed by atoms with Crippen molar-refractivity contribution >= 4 is 21.4 Å². The molecule has 0 radical (unpaired) electrons. The average Bonchev–Trinajstić information content (AvgIpc) is 2.87. The first-order valence-electron chi connectivity index (χ1n) is 6.93. The van der Waals surface area contributed by atoms with E-state index in [0.717, 1.165) is 17.5 Å². The first-order valence-corrected chi connectivity index (χ1v) is 8.58. The van der Waals surface area contributed by atoms with Crippen molar-refractivity contribution in [3.63, 3.8) is 0 Å². The van der Waals surface area contributed by atoms with Crippen LogP contribution in [0, 0.1) is 6.92 Å². The summed E-state index contributed by atoms with van der Waals surface area (Å²) in [5, 5.41) is 2.60. The number of carbonyl (C=O) groups is 1. The van der Waals surface area contributed by atoms with Crippen molar-refractivity contribution in [3.8, 4) is 0 Å². The van der Waals surface area contributed by atoms with Crippen LogP contribution in [0.3, 0.4) is 0 Å². The van der Waals surface area contributed by atoms with E-state index in [0.29, 0.717) is 5.69 Å². The van der Waals surface area contributed by atoms with Crippen molar-refractivity contribution < 1.29 is 13.2 Å². The number of sulfone groups is 1. The van der Waals surface area contributed by atoms with Gasteiger partial charge >= 0.3 is 0 Å². The predicted octanol–water partition coefficient (Wildman–Crippen LogP) is 1.70. The number of imidazole rings is 1. The summed E-state index contributed by atoms with van der Waals surface area (Å²) in [6.07, 6.45) is 3.67. The minimum Gasteiger partial charge on any atom is -0.325 e. The van der Waals surface area contributed by atoms with Crippen molar-refractivity contribution in [1.82, 2.24) is 9.55 Å². The molecule has 6 nitrogen and oxygen atoms in total. The van der Waals surface area contributed by atoms with E-state index in [-0.39, 0.29) is 5.16 Å². The third-order valence-electron chi connectivity index (χ3n) is 3.38. The zero-order valence-electron chi connectivity index (χ0n) is 12.8. The highest BCUT2D eigenvalue weighted by Gasteiger charge is 2.24. The Hall–Kier alpha value is -2.15. The van der Waals surface area contributed by atoms with Crippen LogP contribution in [0.4, 0.5) is 5.69 Å². The van der Waals surface area contributed by atoms with Crippen LogP contribution in [0.15, 0.2) is 35.7 Å². The Kier molecular flexibility index (Phi) is 4.65. The van der Waals surface area contributed by atoms with Gasteiger partial charge in [0, 0.05) is 25.1 Å². The van der Waals surface area contributed by atoms with Crippen LogP contribution in [0.2, 0.25) is 0 Å². The van der Waals surface area contributed by atoms with Crippen molar-refractivity contribution in [2.24, 2.45) is 7.05 Å². The lowest BCUT2D eigenvalue weighted by atomic mass is 10.1. The molecule has 0 aliphatic rings. The van der Waals surface area contributed by atoms with Gasteiger partial charge in [0.2, 0.25) is 20.9 Å². The number of aromatic nitrogens is 2. The van der Waals surface area contributed by atoms with Crippen LogP contribution in [0.1, 0.15) is 18.1 Å². The fourth-order valence-electron chi connectivity index (χ4n) is 2.27. The molecule has 0 saturated heterocycles. The Morgan fingerprint density at radius 2 is 2.09 bits per heavy atom. The molecule has 1 aromatic carbocycles. The Labute approximate surface area is 130 Å². The topological polar surface area (TPSA) is 81.1 Å². The number of nitrogens with one attached hydrogen (secondary N) is 1. The number of hydrogen-bond donors (Lipinski definition) is 1. The van der Waals surface area contributed by atoms with Gasteiger partial charge in [-0.15, -0.1) is 0 Å². The highest BCUT2D eigenvalue weighted by molar-refractivity contribution is 7.92. The van der Waals surface area contributed by atoms with Crippen molar-refractivity contribution in [2.45, 2.75) is 25.4 Å². The van der Waals surface area contributed by atoms with Crippen LogP contribution < -0.4 is 5.32 Å². The molecule has 2 aromatic rings. The van der Waals surface area contributed by atoms with Gasteiger partial charge in [-0.05, 0) is 24.5 Å². The summed E-state index contributed by atoms with van der Waals surface area (Å²) in [6, 6.07) is 5.70. The number of nitrogens with zero attached hydrogens (tertiary/aromatic N) is 2. The maximum absolute atomic E-state index is 12.2. The van der Waals surface area contributed by atoms with E-state index < -0.39 is 21.5 Å². The van der Waals surface area contributed by atoms with Crippen LogP contribution in [-0.2, 0) is 28.1 Å². The van der Waals surface area contributed by atoms with Crippen LogP contribution >= 0.6 is 0 Å². The molecule has 118 valence electrons. The van der Waals surface area contributed by atoms with E-state index in [1.54, 1.807) is 7.05 Å². The number of carbonyl (C=O) groups excluding carboxylic acids is 1. The molecule has 2 rings (SSSR count). The summed E-state index contributed by atoms with van der Waals surface area (Å²) >= 11 is 0. The molecule has 0 bridgehead atoms. The minimum absolute atomic E-state index is 0.108. The van der Waals surface area contributed by atoms with Gasteiger partial charge in [0.1, 0.15) is 5.75 Å². The molecule has 0 atom stereocenters. The van der Waals surface area contributed by atoms with Crippen LogP contribution in [0.5, 0.6) is 0 Å². The fraction of sp³-hybridized carbons (Fsp3) is 0.333. The SMILES string of the molecule is CCc1cccc(C)c1NC(=O)CS(=O)(=O)c1nccn1C. The molecule has 7 heteroatoms. The summed E-state index contributed by atoms with van der Waals surface area (Å²) in [7, 11) is -2.18. The zero-order valence-corrected chi connectivity index (χ0v) is 13.6. The molecular weight excluding hydrogens is 302 g/mol. The quantitative estimate of drug-likeness (QED) is 0.909. The number of anilines is 1. The van der Waals surface area contributed by atoms with E-state index in [4.69, 9.17) is 0 Å². The Bertz CT molecular complexity index is 794. The first-order chi connectivity index (χ1) is 10.3. The van der Waals surface area contributed by atoms with Crippen molar-refractivity contribution in [2.75, 3.05) is 11.1 Å². The predicted molar refractivity (Wildman–Crippen MR) is 84.4 cm³/mol. The van der Waals surface area contributed by atoms with Crippen LogP contribution in [-0.4, -0.2) is 29.6 Å². The minimum atomic E-state index is -3.76. The normalized spacial score (nSPS) is 11.4. The third kappa shape index (κ3) is 3.36. The summed E-state index contributed by atoms with van der Waals surface area (Å²) in [5.41, 5.74) is 2.56. The molecule has 0 fully saturated rings. The van der Waals surface area contributed by atoms with E-state index in [1.165, 1.54) is 17.0 Å². The maximum atomic E-state index is 12.2. The van der Waals surface area contributed by atoms with Gasteiger partial charge in [0.05, 0.1) is 0 Å². The van der Waals surface area contributed by atoms with Gasteiger partial charge in [-0.3, -0.25) is 4.79 Å². The molecule has 22 heavy (non-hydrogen) atoms. The molecule has 1 aromatic heterocycles. The standard InChI is InChI=1S/C15H19N3O3S/c1-4-12-7-5-6-11(2)14(12)17-13(19)10-22(20,21)15-16-8-9-18(15)3/h5-9H,4,10H2,1-3H3,(H,17,19). The van der Waals surface area contributed by atoms with Gasteiger partial charge < -0.3 is 9.88 Å². The van der Waals surface area contributed by atoms with E-state index in [2.05, 4.69) is 10.3 Å². The molecular formula is C15H19N3O3S. The lowest BCUT2D eigenvalue weighted by Gasteiger charge is -2.13. The van der Waals surface area contributed by atoms with Crippen LogP contribution in [0.25, 0.3) is 0 Å². The molecule has 0 unspecified atom stereocenters.